The van der Waals surface area contributed by atoms with Crippen molar-refractivity contribution < 1.29 is 8.78 Å². The van der Waals surface area contributed by atoms with E-state index in [2.05, 4.69) is 21.2 Å². The van der Waals surface area contributed by atoms with Crippen LogP contribution >= 0.6 is 27.5 Å². The van der Waals surface area contributed by atoms with Gasteiger partial charge in [-0.1, -0.05) is 30.7 Å². The first-order valence-corrected chi connectivity index (χ1v) is 7.81. The van der Waals surface area contributed by atoms with Crippen molar-refractivity contribution in [1.29, 1.82) is 0 Å². The lowest BCUT2D eigenvalue weighted by Crippen LogP contribution is -2.23. The molecule has 0 aliphatic heterocycles. The zero-order valence-corrected chi connectivity index (χ0v) is 13.8. The van der Waals surface area contributed by atoms with Crippen molar-refractivity contribution in [3.05, 3.63) is 68.7 Å². The van der Waals surface area contributed by atoms with Crippen molar-refractivity contribution in [3.63, 3.8) is 0 Å². The molecule has 2 aromatic carbocycles. The molecule has 0 aliphatic rings. The number of nitrogens with one attached hydrogen (secondary N) is 1. The molecule has 1 N–H and O–H groups in total. The van der Waals surface area contributed by atoms with Gasteiger partial charge in [-0.05, 0) is 58.7 Å². The Kier molecular flexibility index (Phi) is 5.73. The van der Waals surface area contributed by atoms with Crippen LogP contribution in [-0.2, 0) is 6.42 Å². The average Bonchev–Trinajstić information content (AvgIpc) is 2.45. The maximum absolute atomic E-state index is 13.9. The molecule has 1 nitrogen and oxygen atoms in total. The molecule has 2 aromatic rings. The van der Waals surface area contributed by atoms with E-state index < -0.39 is 0 Å². The minimum absolute atomic E-state index is 0.138. The Morgan fingerprint density at radius 2 is 1.95 bits per heavy atom. The normalized spacial score (nSPS) is 12.4. The smallest absolute Gasteiger partial charge is 0.137 e. The van der Waals surface area contributed by atoms with Gasteiger partial charge in [0.1, 0.15) is 11.6 Å². The molecule has 1 atom stereocenters. The minimum atomic E-state index is -0.327. The van der Waals surface area contributed by atoms with Crippen molar-refractivity contribution in [3.8, 4) is 0 Å². The molecule has 0 fully saturated rings. The average molecular weight is 375 g/mol. The van der Waals surface area contributed by atoms with Crippen LogP contribution < -0.4 is 5.32 Å². The number of halogens is 4. The number of hydrogen-bond donors (Lipinski definition) is 1. The molecule has 112 valence electrons. The van der Waals surface area contributed by atoms with E-state index >= 15 is 0 Å². The van der Waals surface area contributed by atoms with Crippen LogP contribution in [0.25, 0.3) is 0 Å². The van der Waals surface area contributed by atoms with Gasteiger partial charge in [0.25, 0.3) is 0 Å². The zero-order valence-electron chi connectivity index (χ0n) is 11.5. The standard InChI is InChI=1S/C16H15BrClF2N/c1-2-21-16(10-6-7-15(20)12(17)8-10)9-11-13(18)4-3-5-14(11)19/h3-8,16,21H,2,9H2,1H3. The van der Waals surface area contributed by atoms with Gasteiger partial charge in [-0.15, -0.1) is 0 Å². The molecule has 0 aromatic heterocycles. The summed E-state index contributed by atoms with van der Waals surface area (Å²) < 4.78 is 27.7. The van der Waals surface area contributed by atoms with Crippen LogP contribution in [0.5, 0.6) is 0 Å². The second-order valence-electron chi connectivity index (χ2n) is 4.69. The van der Waals surface area contributed by atoms with Crippen LogP contribution in [0.1, 0.15) is 24.1 Å². The summed E-state index contributed by atoms with van der Waals surface area (Å²) in [6, 6.07) is 9.31. The third-order valence-electron chi connectivity index (χ3n) is 3.27. The summed E-state index contributed by atoms with van der Waals surface area (Å²) in [5, 5.41) is 3.68. The zero-order chi connectivity index (χ0) is 15.4. The first kappa shape index (κ1) is 16.4. The Balaban J connectivity index is 2.33. The van der Waals surface area contributed by atoms with Gasteiger partial charge in [-0.3, -0.25) is 0 Å². The summed E-state index contributed by atoms with van der Waals surface area (Å²) in [5.74, 6) is -0.649. The first-order chi connectivity index (χ1) is 10.0. The first-order valence-electron chi connectivity index (χ1n) is 6.64. The molecule has 5 heteroatoms. The molecule has 0 amide bonds. The third-order valence-corrected chi connectivity index (χ3v) is 4.23. The predicted octanol–water partition coefficient (Wildman–Crippen LogP) is 5.27. The van der Waals surface area contributed by atoms with E-state index in [1.54, 1.807) is 24.3 Å². The Labute approximate surface area is 136 Å². The van der Waals surface area contributed by atoms with Crippen molar-refractivity contribution >= 4 is 27.5 Å². The molecule has 0 bridgehead atoms. The van der Waals surface area contributed by atoms with Crippen LogP contribution in [0.15, 0.2) is 40.9 Å². The lowest BCUT2D eigenvalue weighted by Gasteiger charge is -2.20. The molecule has 0 saturated carbocycles. The van der Waals surface area contributed by atoms with Gasteiger partial charge >= 0.3 is 0 Å². The molecular formula is C16H15BrClF2N. The fraction of sp³-hybridized carbons (Fsp3) is 0.250. The summed E-state index contributed by atoms with van der Waals surface area (Å²) >= 11 is 9.26. The summed E-state index contributed by atoms with van der Waals surface area (Å²) in [7, 11) is 0. The molecule has 21 heavy (non-hydrogen) atoms. The monoisotopic (exact) mass is 373 g/mol. The van der Waals surface area contributed by atoms with Gasteiger partial charge in [0, 0.05) is 16.6 Å². The van der Waals surface area contributed by atoms with Crippen molar-refractivity contribution in [1.82, 2.24) is 5.32 Å². The van der Waals surface area contributed by atoms with Gasteiger partial charge in [0.05, 0.1) is 4.47 Å². The molecule has 0 aliphatic carbocycles. The Hall–Kier alpha value is -0.970. The largest absolute Gasteiger partial charge is 0.310 e. The molecular weight excluding hydrogens is 360 g/mol. The SMILES string of the molecule is CCNC(Cc1c(F)cccc1Cl)c1ccc(F)c(Br)c1. The number of benzene rings is 2. The van der Waals surface area contributed by atoms with Gasteiger partial charge in [-0.25, -0.2) is 8.78 Å². The van der Waals surface area contributed by atoms with Crippen LogP contribution in [0, 0.1) is 11.6 Å². The summed E-state index contributed by atoms with van der Waals surface area (Å²) in [4.78, 5) is 0. The molecule has 0 spiro atoms. The summed E-state index contributed by atoms with van der Waals surface area (Å²) in [6.45, 7) is 2.68. The van der Waals surface area contributed by atoms with Gasteiger partial charge in [0.2, 0.25) is 0 Å². The highest BCUT2D eigenvalue weighted by atomic mass is 79.9. The second-order valence-corrected chi connectivity index (χ2v) is 5.95. The molecule has 1 unspecified atom stereocenters. The van der Waals surface area contributed by atoms with Crippen molar-refractivity contribution in [2.45, 2.75) is 19.4 Å². The highest BCUT2D eigenvalue weighted by Crippen LogP contribution is 2.28. The Bertz CT molecular complexity index is 613. The van der Waals surface area contributed by atoms with E-state index in [9.17, 15) is 8.78 Å². The molecule has 2 rings (SSSR count). The predicted molar refractivity (Wildman–Crippen MR) is 85.6 cm³/mol. The summed E-state index contributed by atoms with van der Waals surface area (Å²) in [6.07, 6.45) is 0.400. The van der Waals surface area contributed by atoms with Crippen LogP contribution in [0.4, 0.5) is 8.78 Å². The van der Waals surface area contributed by atoms with E-state index in [0.717, 1.165) is 5.56 Å². The number of rotatable bonds is 5. The number of hydrogen-bond acceptors (Lipinski definition) is 1. The minimum Gasteiger partial charge on any atom is -0.310 e. The van der Waals surface area contributed by atoms with E-state index in [-0.39, 0.29) is 17.7 Å². The quantitative estimate of drug-likeness (QED) is 0.751. The maximum Gasteiger partial charge on any atom is 0.137 e. The molecule has 0 heterocycles. The summed E-state index contributed by atoms with van der Waals surface area (Å²) in [5.41, 5.74) is 1.34. The van der Waals surface area contributed by atoms with E-state index in [1.807, 2.05) is 6.92 Å². The van der Waals surface area contributed by atoms with E-state index in [0.29, 0.717) is 28.0 Å². The Morgan fingerprint density at radius 3 is 2.57 bits per heavy atom. The van der Waals surface area contributed by atoms with Crippen LogP contribution in [0.3, 0.4) is 0 Å². The van der Waals surface area contributed by atoms with Crippen LogP contribution in [-0.4, -0.2) is 6.54 Å². The topological polar surface area (TPSA) is 12.0 Å². The van der Waals surface area contributed by atoms with E-state index in [4.69, 9.17) is 11.6 Å². The molecule has 0 saturated heterocycles. The Morgan fingerprint density at radius 1 is 1.19 bits per heavy atom. The van der Waals surface area contributed by atoms with Crippen molar-refractivity contribution in [2.75, 3.05) is 6.54 Å². The van der Waals surface area contributed by atoms with Gasteiger partial charge in [0.15, 0.2) is 0 Å². The maximum atomic E-state index is 13.9. The lowest BCUT2D eigenvalue weighted by molar-refractivity contribution is 0.526. The third kappa shape index (κ3) is 4.02. The van der Waals surface area contributed by atoms with Crippen molar-refractivity contribution in [2.24, 2.45) is 0 Å². The van der Waals surface area contributed by atoms with Gasteiger partial charge < -0.3 is 5.32 Å². The van der Waals surface area contributed by atoms with E-state index in [1.165, 1.54) is 12.1 Å². The second kappa shape index (κ2) is 7.34. The highest BCUT2D eigenvalue weighted by Gasteiger charge is 2.17. The number of likely N-dealkylation sites (N-methyl/N-ethyl adjacent to an activating group) is 1. The fourth-order valence-corrected chi connectivity index (χ4v) is 2.85. The highest BCUT2D eigenvalue weighted by molar-refractivity contribution is 9.10. The van der Waals surface area contributed by atoms with Crippen LogP contribution in [0.2, 0.25) is 5.02 Å². The lowest BCUT2D eigenvalue weighted by atomic mass is 9.98. The molecule has 0 radical (unpaired) electrons. The van der Waals surface area contributed by atoms with Gasteiger partial charge in [-0.2, -0.15) is 0 Å². The fourth-order valence-electron chi connectivity index (χ4n) is 2.21.